The highest BCUT2D eigenvalue weighted by molar-refractivity contribution is 6.30. The second-order valence-electron chi connectivity index (χ2n) is 6.58. The highest BCUT2D eigenvalue weighted by Crippen LogP contribution is 2.30. The molecule has 4 nitrogen and oxygen atoms in total. The molecule has 2 rings (SSSR count). The Morgan fingerprint density at radius 2 is 2.18 bits per heavy atom. The van der Waals surface area contributed by atoms with Crippen LogP contribution in [-0.4, -0.2) is 29.2 Å². The van der Waals surface area contributed by atoms with Gasteiger partial charge in [-0.25, -0.2) is 9.18 Å². The highest BCUT2D eigenvalue weighted by atomic mass is 35.5. The Kier molecular flexibility index (Phi) is 4.97. The zero-order valence-electron chi connectivity index (χ0n) is 13.1. The van der Waals surface area contributed by atoms with E-state index in [2.05, 4.69) is 0 Å². The van der Waals surface area contributed by atoms with Crippen molar-refractivity contribution in [2.24, 2.45) is 5.73 Å². The van der Waals surface area contributed by atoms with Gasteiger partial charge in [0.25, 0.3) is 0 Å². The number of halogens is 2. The van der Waals surface area contributed by atoms with Gasteiger partial charge in [0.1, 0.15) is 11.4 Å². The molecule has 1 aliphatic rings. The molecule has 1 heterocycles. The Balaban J connectivity index is 2.15. The quantitative estimate of drug-likeness (QED) is 0.896. The maximum absolute atomic E-state index is 13.6. The predicted octanol–water partition coefficient (Wildman–Crippen LogP) is 3.88. The average Bonchev–Trinajstić information content (AvgIpc) is 2.88. The standard InChI is InChI=1S/C16H22ClFN2O2/c1-16(2,3)22-15(21)20-8-4-5-13(20)14(19)10-6-7-11(17)12(18)9-10/h6-7,9,13-14H,4-5,8,19H2,1-3H3/t13?,14-/m0/s1. The van der Waals surface area contributed by atoms with Crippen molar-refractivity contribution >= 4 is 17.7 Å². The lowest BCUT2D eigenvalue weighted by molar-refractivity contribution is 0.0206. The molecule has 0 aromatic heterocycles. The van der Waals surface area contributed by atoms with Crippen molar-refractivity contribution in [2.45, 2.75) is 51.3 Å². The van der Waals surface area contributed by atoms with Crippen LogP contribution in [0.15, 0.2) is 18.2 Å². The van der Waals surface area contributed by atoms with E-state index in [1.165, 1.54) is 12.1 Å². The summed E-state index contributed by atoms with van der Waals surface area (Å²) in [5.41, 5.74) is 6.32. The molecule has 1 aromatic rings. The predicted molar refractivity (Wildman–Crippen MR) is 84.3 cm³/mol. The van der Waals surface area contributed by atoms with Crippen LogP contribution < -0.4 is 5.73 Å². The zero-order valence-corrected chi connectivity index (χ0v) is 13.9. The van der Waals surface area contributed by atoms with Crippen molar-refractivity contribution in [3.63, 3.8) is 0 Å². The highest BCUT2D eigenvalue weighted by Gasteiger charge is 2.36. The van der Waals surface area contributed by atoms with Gasteiger partial charge in [0.2, 0.25) is 0 Å². The van der Waals surface area contributed by atoms with E-state index < -0.39 is 17.5 Å². The van der Waals surface area contributed by atoms with Crippen LogP contribution in [-0.2, 0) is 4.74 Å². The van der Waals surface area contributed by atoms with Crippen molar-refractivity contribution in [1.29, 1.82) is 0 Å². The van der Waals surface area contributed by atoms with Gasteiger partial charge in [0.05, 0.1) is 17.1 Å². The van der Waals surface area contributed by atoms with E-state index in [4.69, 9.17) is 22.1 Å². The summed E-state index contributed by atoms with van der Waals surface area (Å²) in [5, 5.41) is 0.0615. The first kappa shape index (κ1) is 17.0. The molecule has 22 heavy (non-hydrogen) atoms. The third-order valence-corrected chi connectivity index (χ3v) is 3.98. The first-order valence-electron chi connectivity index (χ1n) is 7.39. The van der Waals surface area contributed by atoms with E-state index in [1.807, 2.05) is 20.8 Å². The number of carbonyl (C=O) groups excluding carboxylic acids is 1. The largest absolute Gasteiger partial charge is 0.444 e. The maximum Gasteiger partial charge on any atom is 0.410 e. The molecule has 6 heteroatoms. The summed E-state index contributed by atoms with van der Waals surface area (Å²) in [7, 11) is 0. The molecular weight excluding hydrogens is 307 g/mol. The summed E-state index contributed by atoms with van der Waals surface area (Å²) in [6, 6.07) is 3.84. The molecular formula is C16H22ClFN2O2. The zero-order chi connectivity index (χ0) is 16.5. The van der Waals surface area contributed by atoms with E-state index in [9.17, 15) is 9.18 Å². The smallest absolute Gasteiger partial charge is 0.410 e. The van der Waals surface area contributed by atoms with Gasteiger partial charge < -0.3 is 15.4 Å². The minimum atomic E-state index is -0.555. The van der Waals surface area contributed by atoms with Crippen molar-refractivity contribution in [3.05, 3.63) is 34.6 Å². The van der Waals surface area contributed by atoms with Crippen LogP contribution in [0, 0.1) is 5.82 Å². The van der Waals surface area contributed by atoms with E-state index in [0.717, 1.165) is 12.8 Å². The van der Waals surface area contributed by atoms with Crippen LogP contribution in [0.5, 0.6) is 0 Å². The van der Waals surface area contributed by atoms with E-state index >= 15 is 0 Å². The average molecular weight is 329 g/mol. The van der Waals surface area contributed by atoms with Crippen LogP contribution in [0.4, 0.5) is 9.18 Å². The summed E-state index contributed by atoms with van der Waals surface area (Å²) >= 11 is 5.70. The lowest BCUT2D eigenvalue weighted by atomic mass is 9.98. The number of rotatable bonds is 2. The van der Waals surface area contributed by atoms with Gasteiger partial charge in [-0.3, -0.25) is 0 Å². The van der Waals surface area contributed by atoms with Crippen LogP contribution in [0.25, 0.3) is 0 Å². The Hall–Kier alpha value is -1.33. The molecule has 1 unspecified atom stereocenters. The number of hydrogen-bond donors (Lipinski definition) is 1. The first-order valence-corrected chi connectivity index (χ1v) is 7.77. The summed E-state index contributed by atoms with van der Waals surface area (Å²) in [6.45, 7) is 6.07. The Bertz CT molecular complexity index is 560. The van der Waals surface area contributed by atoms with Crippen molar-refractivity contribution in [3.8, 4) is 0 Å². The fraction of sp³-hybridized carbons (Fsp3) is 0.562. The van der Waals surface area contributed by atoms with Crippen LogP contribution in [0.2, 0.25) is 5.02 Å². The molecule has 1 aliphatic heterocycles. The van der Waals surface area contributed by atoms with Gasteiger partial charge in [-0.1, -0.05) is 17.7 Å². The monoisotopic (exact) mass is 328 g/mol. The third-order valence-electron chi connectivity index (χ3n) is 3.67. The number of carbonyl (C=O) groups is 1. The van der Waals surface area contributed by atoms with Gasteiger partial charge in [0, 0.05) is 6.54 Å². The lowest BCUT2D eigenvalue weighted by Gasteiger charge is -2.31. The van der Waals surface area contributed by atoms with Gasteiger partial charge >= 0.3 is 6.09 Å². The van der Waals surface area contributed by atoms with Crippen molar-refractivity contribution in [1.82, 2.24) is 4.90 Å². The lowest BCUT2D eigenvalue weighted by Crippen LogP contribution is -2.44. The third kappa shape index (κ3) is 3.90. The number of hydrogen-bond acceptors (Lipinski definition) is 3. The molecule has 2 atom stereocenters. The minimum absolute atomic E-state index is 0.0615. The number of likely N-dealkylation sites (tertiary alicyclic amines) is 1. The van der Waals surface area contributed by atoms with Crippen LogP contribution in [0.1, 0.15) is 45.2 Å². The van der Waals surface area contributed by atoms with Crippen LogP contribution in [0.3, 0.4) is 0 Å². The second-order valence-corrected chi connectivity index (χ2v) is 6.99. The number of nitrogens with zero attached hydrogens (tertiary/aromatic N) is 1. The Labute approximate surface area is 135 Å². The van der Waals surface area contributed by atoms with Crippen molar-refractivity contribution in [2.75, 3.05) is 6.54 Å². The molecule has 2 N–H and O–H groups in total. The van der Waals surface area contributed by atoms with Gasteiger partial charge in [-0.05, 0) is 51.3 Å². The van der Waals surface area contributed by atoms with Gasteiger partial charge in [-0.2, -0.15) is 0 Å². The molecule has 1 aromatic carbocycles. The number of ether oxygens (including phenoxy) is 1. The molecule has 1 saturated heterocycles. The first-order chi connectivity index (χ1) is 10.2. The summed E-state index contributed by atoms with van der Waals surface area (Å²) in [6.07, 6.45) is 1.25. The number of amides is 1. The fourth-order valence-electron chi connectivity index (χ4n) is 2.65. The normalized spacial score (nSPS) is 20.1. The fourth-order valence-corrected chi connectivity index (χ4v) is 2.77. The SMILES string of the molecule is CC(C)(C)OC(=O)N1CCCC1[C@@H](N)c1ccc(Cl)c(F)c1. The molecule has 0 spiro atoms. The molecule has 0 radical (unpaired) electrons. The summed E-state index contributed by atoms with van der Waals surface area (Å²) < 4.78 is 19.0. The molecule has 1 fully saturated rings. The molecule has 1 amide bonds. The molecule has 0 aliphatic carbocycles. The summed E-state index contributed by atoms with van der Waals surface area (Å²) in [5.74, 6) is -0.503. The van der Waals surface area contributed by atoms with E-state index in [0.29, 0.717) is 12.1 Å². The Morgan fingerprint density at radius 3 is 2.77 bits per heavy atom. The number of benzene rings is 1. The Morgan fingerprint density at radius 1 is 1.50 bits per heavy atom. The molecule has 122 valence electrons. The second kappa shape index (κ2) is 6.42. The molecule has 0 saturated carbocycles. The maximum atomic E-state index is 13.6. The van der Waals surface area contributed by atoms with E-state index in [-0.39, 0.29) is 17.2 Å². The van der Waals surface area contributed by atoms with Crippen LogP contribution >= 0.6 is 11.6 Å². The summed E-state index contributed by atoms with van der Waals surface area (Å²) in [4.78, 5) is 13.9. The molecule has 0 bridgehead atoms. The van der Waals surface area contributed by atoms with Crippen molar-refractivity contribution < 1.29 is 13.9 Å². The van der Waals surface area contributed by atoms with Gasteiger partial charge in [0.15, 0.2) is 0 Å². The van der Waals surface area contributed by atoms with Gasteiger partial charge in [-0.15, -0.1) is 0 Å². The minimum Gasteiger partial charge on any atom is -0.444 e. The number of nitrogens with two attached hydrogens (primary N) is 1. The topological polar surface area (TPSA) is 55.6 Å². The van der Waals surface area contributed by atoms with E-state index in [1.54, 1.807) is 11.0 Å².